The molecule has 4 rings (SSSR count). The lowest BCUT2D eigenvalue weighted by atomic mass is 9.98. The maximum absolute atomic E-state index is 13.0. The molecule has 0 unspecified atom stereocenters. The zero-order valence-corrected chi connectivity index (χ0v) is 18.4. The number of carbonyl (C=O) groups is 1. The van der Waals surface area contributed by atoms with Crippen molar-refractivity contribution in [3.8, 4) is 0 Å². The van der Waals surface area contributed by atoms with E-state index in [1.54, 1.807) is 32.3 Å². The Morgan fingerprint density at radius 3 is 2.06 bits per heavy atom. The molecule has 1 amide bonds. The van der Waals surface area contributed by atoms with Gasteiger partial charge < -0.3 is 19.4 Å². The second-order valence-electron chi connectivity index (χ2n) is 8.58. The monoisotopic (exact) mass is 420 g/mol. The van der Waals surface area contributed by atoms with Gasteiger partial charge in [-0.15, -0.1) is 0 Å². The number of aromatic nitrogens is 2. The lowest BCUT2D eigenvalue weighted by molar-refractivity contribution is 0.102. The third-order valence-electron chi connectivity index (χ3n) is 6.29. The van der Waals surface area contributed by atoms with Crippen LogP contribution in [0.2, 0.25) is 0 Å². The number of benzene rings is 2. The van der Waals surface area contributed by atoms with Gasteiger partial charge in [0.2, 0.25) is 0 Å². The van der Waals surface area contributed by atoms with E-state index in [1.165, 1.54) is 9.13 Å². The zero-order valence-electron chi connectivity index (χ0n) is 18.4. The van der Waals surface area contributed by atoms with Crippen LogP contribution in [0.3, 0.4) is 0 Å². The quantitative estimate of drug-likeness (QED) is 0.661. The molecule has 7 nitrogen and oxygen atoms in total. The number of nitrogens with zero attached hydrogens (tertiary/aromatic N) is 3. The lowest BCUT2D eigenvalue weighted by Gasteiger charge is -2.34. The molecule has 3 aromatic rings. The summed E-state index contributed by atoms with van der Waals surface area (Å²) >= 11 is 0. The Labute approximate surface area is 180 Å². The van der Waals surface area contributed by atoms with Crippen LogP contribution in [0.1, 0.15) is 35.7 Å². The van der Waals surface area contributed by atoms with Crippen LogP contribution >= 0.6 is 0 Å². The first-order valence-corrected chi connectivity index (χ1v) is 10.6. The van der Waals surface area contributed by atoms with Crippen LogP contribution in [0.5, 0.6) is 0 Å². The number of carbonyl (C=O) groups excluding carboxylic acids is 1. The molecule has 0 bridgehead atoms. The van der Waals surface area contributed by atoms with Crippen LogP contribution in [0.4, 0.5) is 11.4 Å². The van der Waals surface area contributed by atoms with Crippen LogP contribution in [-0.2, 0) is 14.1 Å². The average molecular weight is 421 g/mol. The average Bonchev–Trinajstić information content (AvgIpc) is 2.77. The van der Waals surface area contributed by atoms with Crippen molar-refractivity contribution < 1.29 is 4.79 Å². The maximum atomic E-state index is 13.0. The molecule has 2 aromatic carbocycles. The van der Waals surface area contributed by atoms with Gasteiger partial charge in [-0.25, -0.2) is 0 Å². The van der Waals surface area contributed by atoms with Gasteiger partial charge in [0.05, 0.1) is 22.4 Å². The molecular weight excluding hydrogens is 392 g/mol. The van der Waals surface area contributed by atoms with E-state index in [-0.39, 0.29) is 5.91 Å². The van der Waals surface area contributed by atoms with Gasteiger partial charge in [0, 0.05) is 32.7 Å². The molecule has 2 heterocycles. The summed E-state index contributed by atoms with van der Waals surface area (Å²) in [5, 5.41) is 3.04. The van der Waals surface area contributed by atoms with Crippen molar-refractivity contribution in [3.05, 3.63) is 68.2 Å². The molecule has 1 aromatic heterocycles. The highest BCUT2D eigenvalue weighted by atomic mass is 16.2. The van der Waals surface area contributed by atoms with E-state index in [1.807, 2.05) is 25.1 Å². The summed E-state index contributed by atoms with van der Waals surface area (Å²) in [7, 11) is 3.19. The van der Waals surface area contributed by atoms with Gasteiger partial charge in [-0.3, -0.25) is 14.4 Å². The van der Waals surface area contributed by atoms with Crippen LogP contribution in [-0.4, -0.2) is 28.1 Å². The number of rotatable bonds is 3. The highest BCUT2D eigenvalue weighted by molar-refractivity contribution is 6.07. The topological polar surface area (TPSA) is 76.3 Å². The highest BCUT2D eigenvalue weighted by Crippen LogP contribution is 2.33. The SMILES string of the molecule is Cc1ccc(C(=O)Nc2cc3c(cc2N2CCC(C)CC2)n(C)c(=O)c(=O)n3C)cc1. The third-order valence-corrected chi connectivity index (χ3v) is 6.29. The number of anilines is 2. The van der Waals surface area contributed by atoms with Gasteiger partial charge >= 0.3 is 11.1 Å². The molecule has 31 heavy (non-hydrogen) atoms. The van der Waals surface area contributed by atoms with Crippen LogP contribution < -0.4 is 21.3 Å². The van der Waals surface area contributed by atoms with Gasteiger partial charge in [0.15, 0.2) is 0 Å². The number of hydrogen-bond acceptors (Lipinski definition) is 4. The molecule has 1 N–H and O–H groups in total. The van der Waals surface area contributed by atoms with Crippen molar-refractivity contribution in [1.29, 1.82) is 0 Å². The van der Waals surface area contributed by atoms with Crippen molar-refractivity contribution in [3.63, 3.8) is 0 Å². The first kappa shape index (κ1) is 20.9. The summed E-state index contributed by atoms with van der Waals surface area (Å²) in [4.78, 5) is 39.9. The fraction of sp³-hybridized carbons (Fsp3) is 0.375. The largest absolute Gasteiger partial charge is 0.370 e. The molecule has 0 saturated carbocycles. The van der Waals surface area contributed by atoms with E-state index in [9.17, 15) is 14.4 Å². The van der Waals surface area contributed by atoms with E-state index in [2.05, 4.69) is 17.1 Å². The minimum atomic E-state index is -0.592. The Balaban J connectivity index is 1.85. The van der Waals surface area contributed by atoms with Crippen LogP contribution in [0.25, 0.3) is 11.0 Å². The number of aryl methyl sites for hydroxylation is 3. The number of hydrogen-bond donors (Lipinski definition) is 1. The minimum absolute atomic E-state index is 0.208. The van der Waals surface area contributed by atoms with Gasteiger partial charge in [0.25, 0.3) is 5.91 Å². The van der Waals surface area contributed by atoms with Crippen molar-refractivity contribution >= 4 is 28.3 Å². The molecule has 1 aliphatic heterocycles. The first-order valence-electron chi connectivity index (χ1n) is 10.6. The van der Waals surface area contributed by atoms with Gasteiger partial charge in [-0.1, -0.05) is 24.6 Å². The van der Waals surface area contributed by atoms with Crippen LogP contribution in [0.15, 0.2) is 46.0 Å². The molecule has 0 atom stereocenters. The van der Waals surface area contributed by atoms with E-state index in [0.717, 1.165) is 37.2 Å². The summed E-state index contributed by atoms with van der Waals surface area (Å²) in [6.07, 6.45) is 2.13. The predicted molar refractivity (Wildman–Crippen MR) is 124 cm³/mol. The van der Waals surface area contributed by atoms with Crippen molar-refractivity contribution in [2.45, 2.75) is 26.7 Å². The Kier molecular flexibility index (Phi) is 5.43. The Bertz CT molecular complexity index is 1260. The fourth-order valence-corrected chi connectivity index (χ4v) is 4.12. The fourth-order valence-electron chi connectivity index (χ4n) is 4.12. The molecule has 0 spiro atoms. The predicted octanol–water partition coefficient (Wildman–Crippen LogP) is 3.03. The number of nitrogens with one attached hydrogen (secondary N) is 1. The summed E-state index contributed by atoms with van der Waals surface area (Å²) < 4.78 is 2.74. The molecule has 162 valence electrons. The molecule has 0 radical (unpaired) electrons. The molecular formula is C24H28N4O3. The van der Waals surface area contributed by atoms with Gasteiger partial charge in [0.1, 0.15) is 0 Å². The van der Waals surface area contributed by atoms with E-state index in [4.69, 9.17) is 0 Å². The maximum Gasteiger partial charge on any atom is 0.316 e. The Morgan fingerprint density at radius 1 is 0.935 bits per heavy atom. The molecule has 1 fully saturated rings. The van der Waals surface area contributed by atoms with Crippen molar-refractivity contribution in [1.82, 2.24) is 9.13 Å². The second kappa shape index (κ2) is 8.06. The van der Waals surface area contributed by atoms with Gasteiger partial charge in [-0.05, 0) is 49.9 Å². The highest BCUT2D eigenvalue weighted by Gasteiger charge is 2.22. The molecule has 1 aliphatic rings. The van der Waals surface area contributed by atoms with E-state index >= 15 is 0 Å². The van der Waals surface area contributed by atoms with E-state index in [0.29, 0.717) is 28.2 Å². The minimum Gasteiger partial charge on any atom is -0.370 e. The van der Waals surface area contributed by atoms with Crippen molar-refractivity contribution in [2.75, 3.05) is 23.3 Å². The summed E-state index contributed by atoms with van der Waals surface area (Å²) in [5.74, 6) is 0.452. The standard InChI is InChI=1S/C24H28N4O3/c1-15-5-7-17(8-6-15)22(29)25-18-13-20-21(27(4)24(31)23(30)26(20)3)14-19(18)28-11-9-16(2)10-12-28/h5-8,13-14,16H,9-12H2,1-4H3,(H,25,29). The Hall–Kier alpha value is -3.35. The normalized spacial score (nSPS) is 14.8. The third kappa shape index (κ3) is 3.87. The Morgan fingerprint density at radius 2 is 1.48 bits per heavy atom. The summed E-state index contributed by atoms with van der Waals surface area (Å²) in [6.45, 7) is 5.97. The molecule has 7 heteroatoms. The molecule has 1 saturated heterocycles. The smallest absolute Gasteiger partial charge is 0.316 e. The summed E-state index contributed by atoms with van der Waals surface area (Å²) in [6, 6.07) is 11.1. The van der Waals surface area contributed by atoms with E-state index < -0.39 is 11.1 Å². The lowest BCUT2D eigenvalue weighted by Crippen LogP contribution is -2.39. The van der Waals surface area contributed by atoms with Crippen molar-refractivity contribution in [2.24, 2.45) is 20.0 Å². The number of piperidine rings is 1. The second-order valence-corrected chi connectivity index (χ2v) is 8.58. The summed E-state index contributed by atoms with van der Waals surface area (Å²) in [5.41, 5.74) is 3.26. The van der Waals surface area contributed by atoms with Gasteiger partial charge in [-0.2, -0.15) is 0 Å². The number of amides is 1. The first-order chi connectivity index (χ1) is 14.8. The molecule has 0 aliphatic carbocycles. The number of fused-ring (bicyclic) bond motifs is 1. The van der Waals surface area contributed by atoms with Crippen LogP contribution in [0, 0.1) is 12.8 Å². The zero-order chi connectivity index (χ0) is 22.3.